The molecule has 31 heavy (non-hydrogen) atoms. The number of rotatable bonds is 6. The Morgan fingerprint density at radius 1 is 1.19 bits per heavy atom. The summed E-state index contributed by atoms with van der Waals surface area (Å²) in [5.41, 5.74) is 2.84. The predicted molar refractivity (Wildman–Crippen MR) is 127 cm³/mol. The first-order valence-electron chi connectivity index (χ1n) is 10.3. The molecule has 1 aromatic carbocycles. The Balaban J connectivity index is 1.35. The van der Waals surface area contributed by atoms with Gasteiger partial charge in [-0.15, -0.1) is 11.3 Å². The Morgan fingerprint density at radius 3 is 2.52 bits per heavy atom. The monoisotopic (exact) mass is 475 g/mol. The van der Waals surface area contributed by atoms with Gasteiger partial charge in [0.2, 0.25) is 0 Å². The molecule has 4 rings (SSSR count). The molecule has 0 saturated carbocycles. The lowest BCUT2D eigenvalue weighted by Gasteiger charge is -2.34. The fourth-order valence-corrected chi connectivity index (χ4v) is 6.25. The van der Waals surface area contributed by atoms with Crippen molar-refractivity contribution in [1.29, 1.82) is 0 Å². The number of piperidine rings is 1. The zero-order chi connectivity index (χ0) is 22.0. The van der Waals surface area contributed by atoms with Crippen LogP contribution in [0.1, 0.15) is 35.1 Å². The summed E-state index contributed by atoms with van der Waals surface area (Å²) < 4.78 is 24.0. The highest BCUT2D eigenvalue weighted by Crippen LogP contribution is 2.30. The van der Waals surface area contributed by atoms with Crippen molar-refractivity contribution < 1.29 is 13.2 Å². The van der Waals surface area contributed by atoms with E-state index in [1.165, 1.54) is 11.3 Å². The van der Waals surface area contributed by atoms with Crippen molar-refractivity contribution in [3.05, 3.63) is 51.7 Å². The third kappa shape index (κ3) is 4.83. The van der Waals surface area contributed by atoms with Gasteiger partial charge in [0.15, 0.2) is 9.84 Å². The number of anilines is 1. The van der Waals surface area contributed by atoms with Crippen LogP contribution in [0.5, 0.6) is 0 Å². The van der Waals surface area contributed by atoms with Gasteiger partial charge in [0.05, 0.1) is 16.3 Å². The van der Waals surface area contributed by atoms with E-state index < -0.39 is 9.84 Å². The molecule has 9 heteroatoms. The normalized spacial score (nSPS) is 15.2. The van der Waals surface area contributed by atoms with Crippen molar-refractivity contribution in [3.8, 4) is 10.6 Å². The third-order valence-electron chi connectivity index (χ3n) is 5.54. The first kappa shape index (κ1) is 22.0. The zero-order valence-electron chi connectivity index (χ0n) is 17.5. The Hall–Kier alpha value is -2.23. The van der Waals surface area contributed by atoms with Gasteiger partial charge >= 0.3 is 0 Å². The van der Waals surface area contributed by atoms with Gasteiger partial charge in [0.25, 0.3) is 5.91 Å². The topological polar surface area (TPSA) is 79.4 Å². The van der Waals surface area contributed by atoms with E-state index >= 15 is 0 Å². The standard InChI is InChI=1S/C22H25N3O3S3/c1-3-31(27,28)19-6-4-18(5-7-19)25-11-8-17(9-12-25)24-21(26)20-15(2)23-22(30-20)16-10-13-29-14-16/h4-7,10,13-14,17H,3,8-9,11-12H2,1-2H3,(H,24,26). The lowest BCUT2D eigenvalue weighted by molar-refractivity contribution is 0.0934. The molecular weight excluding hydrogens is 450 g/mol. The number of carbonyl (C=O) groups excluding carboxylic acids is 1. The van der Waals surface area contributed by atoms with E-state index in [2.05, 4.69) is 15.2 Å². The number of amides is 1. The Kier molecular flexibility index (Phi) is 6.45. The highest BCUT2D eigenvalue weighted by molar-refractivity contribution is 7.91. The molecule has 1 amide bonds. The lowest BCUT2D eigenvalue weighted by Crippen LogP contribution is -2.44. The fraction of sp³-hybridized carbons (Fsp3) is 0.364. The highest BCUT2D eigenvalue weighted by Gasteiger charge is 2.24. The number of aryl methyl sites for hydroxylation is 1. The molecule has 1 N–H and O–H groups in total. The van der Waals surface area contributed by atoms with Crippen molar-refractivity contribution in [1.82, 2.24) is 10.3 Å². The summed E-state index contributed by atoms with van der Waals surface area (Å²) in [6.07, 6.45) is 1.69. The summed E-state index contributed by atoms with van der Waals surface area (Å²) in [7, 11) is -3.18. The molecular formula is C22H25N3O3S3. The van der Waals surface area contributed by atoms with Crippen molar-refractivity contribution in [3.63, 3.8) is 0 Å². The fourth-order valence-electron chi connectivity index (χ4n) is 3.68. The van der Waals surface area contributed by atoms with Crippen LogP contribution in [0.3, 0.4) is 0 Å². The van der Waals surface area contributed by atoms with Crippen molar-refractivity contribution >= 4 is 44.1 Å². The maximum atomic E-state index is 12.8. The van der Waals surface area contributed by atoms with Gasteiger partial charge in [-0.05, 0) is 55.5 Å². The number of hydrogen-bond donors (Lipinski definition) is 1. The Morgan fingerprint density at radius 2 is 1.90 bits per heavy atom. The van der Waals surface area contributed by atoms with Gasteiger partial charge in [0.1, 0.15) is 9.88 Å². The third-order valence-corrected chi connectivity index (χ3v) is 9.18. The van der Waals surface area contributed by atoms with Gasteiger partial charge in [-0.3, -0.25) is 4.79 Å². The van der Waals surface area contributed by atoms with Gasteiger partial charge in [0, 0.05) is 35.8 Å². The van der Waals surface area contributed by atoms with Crippen LogP contribution in [0.2, 0.25) is 0 Å². The number of aromatic nitrogens is 1. The molecule has 2 aromatic heterocycles. The number of carbonyl (C=O) groups is 1. The molecule has 3 heterocycles. The van der Waals surface area contributed by atoms with E-state index in [4.69, 9.17) is 0 Å². The van der Waals surface area contributed by atoms with Crippen molar-refractivity contribution in [2.24, 2.45) is 0 Å². The molecule has 3 aromatic rings. The Bertz CT molecular complexity index is 1140. The summed E-state index contributed by atoms with van der Waals surface area (Å²) in [5, 5.41) is 8.10. The van der Waals surface area contributed by atoms with Crippen molar-refractivity contribution in [2.75, 3.05) is 23.7 Å². The quantitative estimate of drug-likeness (QED) is 0.573. The summed E-state index contributed by atoms with van der Waals surface area (Å²) in [6, 6.07) is 9.24. The van der Waals surface area contributed by atoms with Crippen LogP contribution < -0.4 is 10.2 Å². The minimum absolute atomic E-state index is 0.0518. The smallest absolute Gasteiger partial charge is 0.263 e. The minimum Gasteiger partial charge on any atom is -0.371 e. The van der Waals surface area contributed by atoms with Crippen molar-refractivity contribution in [2.45, 2.75) is 37.6 Å². The highest BCUT2D eigenvalue weighted by atomic mass is 32.2. The van der Waals surface area contributed by atoms with Gasteiger partial charge in [-0.1, -0.05) is 6.92 Å². The summed E-state index contributed by atoms with van der Waals surface area (Å²) >= 11 is 3.06. The van der Waals surface area contributed by atoms with Gasteiger partial charge in [-0.25, -0.2) is 13.4 Å². The Labute approximate surface area is 190 Å². The molecule has 0 atom stereocenters. The molecule has 1 aliphatic rings. The molecule has 1 saturated heterocycles. The molecule has 0 bridgehead atoms. The van der Waals surface area contributed by atoms with Crippen LogP contribution >= 0.6 is 22.7 Å². The average Bonchev–Trinajstić information content (AvgIpc) is 3.44. The number of nitrogens with zero attached hydrogens (tertiary/aromatic N) is 2. The van der Waals surface area contributed by atoms with E-state index in [1.807, 2.05) is 35.9 Å². The molecule has 1 fully saturated rings. The number of thiazole rings is 1. The van der Waals surface area contributed by atoms with Crippen LogP contribution in [0.25, 0.3) is 10.6 Å². The van der Waals surface area contributed by atoms with Crippen LogP contribution in [-0.2, 0) is 9.84 Å². The second-order valence-electron chi connectivity index (χ2n) is 7.58. The largest absolute Gasteiger partial charge is 0.371 e. The molecule has 0 radical (unpaired) electrons. The summed E-state index contributed by atoms with van der Waals surface area (Å²) in [5.74, 6) is 0.0508. The van der Waals surface area contributed by atoms with Gasteiger partial charge < -0.3 is 10.2 Å². The number of thiophene rings is 1. The SMILES string of the molecule is CCS(=O)(=O)c1ccc(N2CCC(NC(=O)c3sc(-c4ccsc4)nc3C)CC2)cc1. The van der Waals surface area contributed by atoms with E-state index in [-0.39, 0.29) is 17.7 Å². The predicted octanol–water partition coefficient (Wildman–Crippen LogP) is 4.37. The number of benzene rings is 1. The van der Waals surface area contributed by atoms with E-state index in [1.54, 1.807) is 30.4 Å². The summed E-state index contributed by atoms with van der Waals surface area (Å²) in [6.45, 7) is 5.16. The van der Waals surface area contributed by atoms with Crippen LogP contribution in [-0.4, -0.2) is 44.2 Å². The average molecular weight is 476 g/mol. The van der Waals surface area contributed by atoms with E-state index in [9.17, 15) is 13.2 Å². The molecule has 164 valence electrons. The molecule has 0 aliphatic carbocycles. The molecule has 0 unspecified atom stereocenters. The number of nitrogens with one attached hydrogen (secondary N) is 1. The number of sulfone groups is 1. The number of hydrogen-bond acceptors (Lipinski definition) is 7. The van der Waals surface area contributed by atoms with E-state index in [0.717, 1.165) is 47.9 Å². The lowest BCUT2D eigenvalue weighted by atomic mass is 10.0. The van der Waals surface area contributed by atoms with Crippen LogP contribution in [0.15, 0.2) is 46.0 Å². The minimum atomic E-state index is -3.18. The maximum Gasteiger partial charge on any atom is 0.263 e. The van der Waals surface area contributed by atoms with Crippen LogP contribution in [0.4, 0.5) is 5.69 Å². The summed E-state index contributed by atoms with van der Waals surface area (Å²) in [4.78, 5) is 20.7. The molecule has 6 nitrogen and oxygen atoms in total. The van der Waals surface area contributed by atoms with Gasteiger partial charge in [-0.2, -0.15) is 11.3 Å². The second kappa shape index (κ2) is 9.10. The first-order valence-corrected chi connectivity index (χ1v) is 13.7. The maximum absolute atomic E-state index is 12.8. The first-order chi connectivity index (χ1) is 14.9. The zero-order valence-corrected chi connectivity index (χ0v) is 19.9. The second-order valence-corrected chi connectivity index (χ2v) is 11.6. The van der Waals surface area contributed by atoms with Crippen LogP contribution in [0, 0.1) is 6.92 Å². The van der Waals surface area contributed by atoms with E-state index in [0.29, 0.717) is 9.77 Å². The molecule has 0 spiro atoms. The molecule has 1 aliphatic heterocycles.